The van der Waals surface area contributed by atoms with Crippen molar-refractivity contribution in [2.24, 2.45) is 5.92 Å². The number of benzene rings is 1. The molecule has 0 N–H and O–H groups in total. The van der Waals surface area contributed by atoms with E-state index >= 15 is 0 Å². The van der Waals surface area contributed by atoms with Crippen molar-refractivity contribution < 1.29 is 22.7 Å². The Morgan fingerprint density at radius 2 is 1.96 bits per heavy atom. The predicted octanol–water partition coefficient (Wildman–Crippen LogP) is 1.43. The van der Waals surface area contributed by atoms with Crippen LogP contribution in [0.3, 0.4) is 0 Å². The molecule has 138 valence electrons. The van der Waals surface area contributed by atoms with Gasteiger partial charge in [-0.1, -0.05) is 17.7 Å². The first-order valence-electron chi connectivity index (χ1n) is 8.65. The van der Waals surface area contributed by atoms with E-state index in [1.165, 1.54) is 0 Å². The van der Waals surface area contributed by atoms with Crippen LogP contribution in [-0.2, 0) is 19.4 Å². The molecule has 0 aliphatic carbocycles. The molecule has 1 amide bonds. The van der Waals surface area contributed by atoms with Crippen molar-refractivity contribution in [2.75, 3.05) is 38.7 Å². The molecule has 1 aromatic rings. The smallest absolute Gasteiger partial charge is 0.260 e. The highest BCUT2D eigenvalue weighted by molar-refractivity contribution is 7.93. The van der Waals surface area contributed by atoms with Crippen molar-refractivity contribution in [2.45, 2.75) is 25.0 Å². The molecule has 0 radical (unpaired) electrons. The van der Waals surface area contributed by atoms with Gasteiger partial charge in [-0.25, -0.2) is 8.42 Å². The average Bonchev–Trinajstić information content (AvgIpc) is 2.81. The number of likely N-dealkylation sites (tertiary alicyclic amines) is 1. The Bertz CT molecular complexity index is 722. The maximum absolute atomic E-state index is 12.5. The first-order valence-corrected chi connectivity index (χ1v) is 10.3. The van der Waals surface area contributed by atoms with Crippen LogP contribution in [0.15, 0.2) is 24.3 Å². The quantitative estimate of drug-likeness (QED) is 0.760. The summed E-state index contributed by atoms with van der Waals surface area (Å²) in [7, 11) is -3.18. The van der Waals surface area contributed by atoms with Gasteiger partial charge in [-0.15, -0.1) is 0 Å². The molecule has 1 aromatic carbocycles. The Balaban J connectivity index is 1.57. The SMILES string of the molecule is CCOCC1CCS(=O)(=O)C12CN(C(=O)COc1ccc(C)cc1)C2. The molecule has 1 spiro atoms. The summed E-state index contributed by atoms with van der Waals surface area (Å²) in [5.41, 5.74) is 1.12. The summed E-state index contributed by atoms with van der Waals surface area (Å²) in [4.78, 5) is 13.9. The number of hydrogen-bond acceptors (Lipinski definition) is 5. The molecule has 2 fully saturated rings. The van der Waals surface area contributed by atoms with Gasteiger partial charge in [0.25, 0.3) is 5.91 Å². The van der Waals surface area contributed by atoms with E-state index in [0.29, 0.717) is 25.4 Å². The highest BCUT2D eigenvalue weighted by Crippen LogP contribution is 2.44. The lowest BCUT2D eigenvalue weighted by Crippen LogP contribution is -2.69. The molecule has 0 bridgehead atoms. The molecule has 0 aromatic heterocycles. The molecular weight excluding hydrogens is 342 g/mol. The molecule has 2 saturated heterocycles. The van der Waals surface area contributed by atoms with Crippen LogP contribution in [0.5, 0.6) is 5.75 Å². The number of rotatable bonds is 6. The topological polar surface area (TPSA) is 72.9 Å². The Morgan fingerprint density at radius 3 is 2.60 bits per heavy atom. The van der Waals surface area contributed by atoms with Gasteiger partial charge < -0.3 is 14.4 Å². The molecule has 2 heterocycles. The van der Waals surface area contributed by atoms with Gasteiger partial charge in [0.15, 0.2) is 16.4 Å². The second-order valence-corrected chi connectivity index (χ2v) is 9.33. The maximum atomic E-state index is 12.5. The van der Waals surface area contributed by atoms with Crippen molar-refractivity contribution in [3.05, 3.63) is 29.8 Å². The fourth-order valence-electron chi connectivity index (χ4n) is 3.61. The van der Waals surface area contributed by atoms with Crippen LogP contribution in [-0.4, -0.2) is 62.6 Å². The fraction of sp³-hybridized carbons (Fsp3) is 0.611. The van der Waals surface area contributed by atoms with E-state index in [1.54, 1.807) is 4.90 Å². The zero-order chi connectivity index (χ0) is 18.1. The summed E-state index contributed by atoms with van der Waals surface area (Å²) in [6, 6.07) is 7.48. The first kappa shape index (κ1) is 18.2. The van der Waals surface area contributed by atoms with E-state index in [9.17, 15) is 13.2 Å². The second-order valence-electron chi connectivity index (χ2n) is 6.88. The van der Waals surface area contributed by atoms with Crippen molar-refractivity contribution in [1.82, 2.24) is 4.90 Å². The molecule has 1 atom stereocenters. The van der Waals surface area contributed by atoms with E-state index in [1.807, 2.05) is 38.1 Å². The normalized spacial score (nSPS) is 23.4. The van der Waals surface area contributed by atoms with E-state index < -0.39 is 14.6 Å². The molecule has 1 unspecified atom stereocenters. The highest BCUT2D eigenvalue weighted by atomic mass is 32.2. The summed E-state index contributed by atoms with van der Waals surface area (Å²) >= 11 is 0. The number of ether oxygens (including phenoxy) is 2. The largest absolute Gasteiger partial charge is 0.484 e. The first-order chi connectivity index (χ1) is 11.9. The van der Waals surface area contributed by atoms with E-state index in [-0.39, 0.29) is 37.3 Å². The Labute approximate surface area is 149 Å². The fourth-order valence-corrected chi connectivity index (χ4v) is 6.02. The van der Waals surface area contributed by atoms with Gasteiger partial charge in [0.2, 0.25) is 0 Å². The lowest BCUT2D eigenvalue weighted by Gasteiger charge is -2.49. The average molecular weight is 367 g/mol. The molecule has 2 aliphatic heterocycles. The maximum Gasteiger partial charge on any atom is 0.260 e. The molecule has 2 aliphatic rings. The number of hydrogen-bond donors (Lipinski definition) is 0. The minimum atomic E-state index is -3.18. The van der Waals surface area contributed by atoms with Crippen LogP contribution in [0.4, 0.5) is 0 Å². The Hall–Kier alpha value is -1.60. The number of amides is 1. The summed E-state index contributed by atoms with van der Waals surface area (Å²) in [5, 5.41) is 0. The number of carbonyl (C=O) groups excluding carboxylic acids is 1. The zero-order valence-electron chi connectivity index (χ0n) is 14.7. The van der Waals surface area contributed by atoms with E-state index in [2.05, 4.69) is 0 Å². The Morgan fingerprint density at radius 1 is 1.28 bits per heavy atom. The Kier molecular flexibility index (Phi) is 5.06. The third kappa shape index (κ3) is 3.40. The number of carbonyl (C=O) groups is 1. The summed E-state index contributed by atoms with van der Waals surface area (Å²) in [5.74, 6) is 0.618. The number of nitrogens with zero attached hydrogens (tertiary/aromatic N) is 1. The molecule has 7 heteroatoms. The summed E-state index contributed by atoms with van der Waals surface area (Å²) < 4.78 is 35.1. The van der Waals surface area contributed by atoms with Crippen LogP contribution >= 0.6 is 0 Å². The molecule has 6 nitrogen and oxygen atoms in total. The molecule has 25 heavy (non-hydrogen) atoms. The molecule has 0 saturated carbocycles. The van der Waals surface area contributed by atoms with Crippen molar-refractivity contribution in [1.29, 1.82) is 0 Å². The molecular formula is C18H25NO5S. The zero-order valence-corrected chi connectivity index (χ0v) is 15.5. The summed E-state index contributed by atoms with van der Waals surface area (Å²) in [6.45, 7) is 5.32. The standard InChI is InChI=1S/C18H25NO5S/c1-3-23-10-15-8-9-25(21,22)18(15)12-19(13-18)17(20)11-24-16-6-4-14(2)5-7-16/h4-7,15H,3,8-13H2,1-2H3. The van der Waals surface area contributed by atoms with Crippen molar-refractivity contribution in [3.8, 4) is 5.75 Å². The van der Waals surface area contributed by atoms with Crippen LogP contribution in [0.1, 0.15) is 18.9 Å². The van der Waals surface area contributed by atoms with Gasteiger partial charge >= 0.3 is 0 Å². The van der Waals surface area contributed by atoms with Crippen molar-refractivity contribution in [3.63, 3.8) is 0 Å². The van der Waals surface area contributed by atoms with Gasteiger partial charge in [-0.2, -0.15) is 0 Å². The number of aryl methyl sites for hydroxylation is 1. The van der Waals surface area contributed by atoms with Gasteiger partial charge in [-0.3, -0.25) is 4.79 Å². The highest BCUT2D eigenvalue weighted by Gasteiger charge is 2.62. The monoisotopic (exact) mass is 367 g/mol. The van der Waals surface area contributed by atoms with E-state index in [4.69, 9.17) is 9.47 Å². The minimum absolute atomic E-state index is 0.0282. The second kappa shape index (κ2) is 6.96. The van der Waals surface area contributed by atoms with Crippen LogP contribution in [0.25, 0.3) is 0 Å². The minimum Gasteiger partial charge on any atom is -0.484 e. The van der Waals surface area contributed by atoms with Gasteiger partial charge in [-0.05, 0) is 32.4 Å². The van der Waals surface area contributed by atoms with Crippen LogP contribution in [0, 0.1) is 12.8 Å². The summed E-state index contributed by atoms with van der Waals surface area (Å²) in [6.07, 6.45) is 0.615. The lowest BCUT2D eigenvalue weighted by atomic mass is 9.83. The third-order valence-electron chi connectivity index (χ3n) is 5.27. The van der Waals surface area contributed by atoms with Crippen LogP contribution < -0.4 is 4.74 Å². The van der Waals surface area contributed by atoms with Gasteiger partial charge in [0, 0.05) is 25.6 Å². The van der Waals surface area contributed by atoms with Gasteiger partial charge in [0.05, 0.1) is 12.4 Å². The van der Waals surface area contributed by atoms with Gasteiger partial charge in [0.1, 0.15) is 10.5 Å². The number of sulfone groups is 1. The van der Waals surface area contributed by atoms with Crippen molar-refractivity contribution >= 4 is 15.7 Å². The van der Waals surface area contributed by atoms with E-state index in [0.717, 1.165) is 5.56 Å². The third-order valence-corrected chi connectivity index (χ3v) is 7.88. The molecule has 3 rings (SSSR count). The predicted molar refractivity (Wildman–Crippen MR) is 94.4 cm³/mol. The van der Waals surface area contributed by atoms with Crippen LogP contribution in [0.2, 0.25) is 0 Å². The lowest BCUT2D eigenvalue weighted by molar-refractivity contribution is -0.140.